The van der Waals surface area contributed by atoms with Crippen LogP contribution in [0, 0.1) is 0 Å². The third-order valence-corrected chi connectivity index (χ3v) is 5.32. The van der Waals surface area contributed by atoms with E-state index in [1.807, 2.05) is 6.07 Å². The lowest BCUT2D eigenvalue weighted by Gasteiger charge is -2.45. The normalized spacial score (nSPS) is 24.5. The van der Waals surface area contributed by atoms with Crippen molar-refractivity contribution in [1.29, 1.82) is 0 Å². The number of fused-ring (bicyclic) bond motifs is 1. The number of carboxylic acid groups (broad SMARTS) is 1. The number of ether oxygens (including phenoxy) is 1. The predicted molar refractivity (Wildman–Crippen MR) is 86.8 cm³/mol. The highest BCUT2D eigenvalue weighted by molar-refractivity contribution is 6.09. The van der Waals surface area contributed by atoms with Crippen molar-refractivity contribution in [2.24, 2.45) is 0 Å². The quantitative estimate of drug-likeness (QED) is 0.855. The molecule has 1 aliphatic heterocycles. The molecule has 4 nitrogen and oxygen atoms in total. The Hall–Kier alpha value is -1.59. The lowest BCUT2D eigenvalue weighted by Crippen LogP contribution is -2.43. The summed E-state index contributed by atoms with van der Waals surface area (Å²) in [6.07, 6.45) is 1.90. The SMILES string of the molecule is CC1(C)C[C@](C[Si])(c2ccc3[nH]c(C(=O)O)cc3c2)CCO1. The van der Waals surface area contributed by atoms with Crippen LogP contribution in [0.25, 0.3) is 10.9 Å². The molecule has 1 saturated heterocycles. The fourth-order valence-corrected chi connectivity index (χ4v) is 4.06. The molecule has 2 N–H and O–H groups in total. The van der Waals surface area contributed by atoms with Gasteiger partial charge in [0, 0.05) is 27.8 Å². The van der Waals surface area contributed by atoms with E-state index in [1.165, 1.54) is 5.56 Å². The molecule has 3 rings (SSSR count). The highest BCUT2D eigenvalue weighted by Crippen LogP contribution is 2.44. The van der Waals surface area contributed by atoms with E-state index in [0.29, 0.717) is 0 Å². The fourth-order valence-electron chi connectivity index (χ4n) is 3.55. The number of carboxylic acids is 1. The standard InChI is InChI=1S/C17H20NO3Si/c1-16(2)9-17(10-22,5-6-21-16)12-3-4-13-11(7-12)8-14(18-13)15(19)20/h3-4,7-8,18H,5-6,9-10H2,1-2H3,(H,19,20)/t17-/m1/s1. The maximum atomic E-state index is 11.1. The maximum absolute atomic E-state index is 11.1. The van der Waals surface area contributed by atoms with Crippen LogP contribution >= 0.6 is 0 Å². The largest absolute Gasteiger partial charge is 0.477 e. The van der Waals surface area contributed by atoms with Gasteiger partial charge in [0.1, 0.15) is 5.69 Å². The van der Waals surface area contributed by atoms with Gasteiger partial charge in [-0.3, -0.25) is 0 Å². The van der Waals surface area contributed by atoms with E-state index in [2.05, 4.69) is 41.2 Å². The monoisotopic (exact) mass is 314 g/mol. The van der Waals surface area contributed by atoms with E-state index in [4.69, 9.17) is 9.84 Å². The van der Waals surface area contributed by atoms with Gasteiger partial charge in [0.15, 0.2) is 0 Å². The number of hydrogen-bond acceptors (Lipinski definition) is 2. The highest BCUT2D eigenvalue weighted by Gasteiger charge is 2.40. The zero-order valence-corrected chi connectivity index (χ0v) is 13.9. The Labute approximate surface area is 133 Å². The van der Waals surface area contributed by atoms with Gasteiger partial charge in [0.05, 0.1) is 5.60 Å². The average molecular weight is 314 g/mol. The van der Waals surface area contributed by atoms with Gasteiger partial charge in [-0.2, -0.15) is 0 Å². The molecule has 5 heteroatoms. The first kappa shape index (κ1) is 15.3. The van der Waals surface area contributed by atoms with Crippen LogP contribution in [0.4, 0.5) is 0 Å². The van der Waals surface area contributed by atoms with Crippen LogP contribution in [0.3, 0.4) is 0 Å². The summed E-state index contributed by atoms with van der Waals surface area (Å²) >= 11 is 0. The first-order valence-corrected chi connectivity index (χ1v) is 8.21. The molecular weight excluding hydrogens is 294 g/mol. The van der Waals surface area contributed by atoms with Crippen LogP contribution in [0.5, 0.6) is 0 Å². The molecule has 115 valence electrons. The maximum Gasteiger partial charge on any atom is 0.352 e. The second kappa shape index (κ2) is 5.24. The minimum absolute atomic E-state index is 0.0213. The second-order valence-corrected chi connectivity index (χ2v) is 7.14. The molecular formula is C17H20NO3Si. The second-order valence-electron chi connectivity index (χ2n) is 6.78. The van der Waals surface area contributed by atoms with E-state index < -0.39 is 5.97 Å². The third kappa shape index (κ3) is 2.59. The number of hydrogen-bond donors (Lipinski definition) is 2. The summed E-state index contributed by atoms with van der Waals surface area (Å²) in [4.78, 5) is 14.0. The number of aromatic nitrogens is 1. The highest BCUT2D eigenvalue weighted by atomic mass is 28.1. The van der Waals surface area contributed by atoms with Crippen molar-refractivity contribution in [3.8, 4) is 0 Å². The molecule has 1 aliphatic rings. The number of carbonyl (C=O) groups is 1. The summed E-state index contributed by atoms with van der Waals surface area (Å²) in [6, 6.07) is 8.75. The van der Waals surface area contributed by atoms with Gasteiger partial charge in [-0.1, -0.05) is 12.1 Å². The zero-order chi connectivity index (χ0) is 16.0. The fraction of sp³-hybridized carbons (Fsp3) is 0.471. The van der Waals surface area contributed by atoms with Crippen molar-refractivity contribution in [2.45, 2.75) is 43.7 Å². The van der Waals surface area contributed by atoms with Gasteiger partial charge in [-0.25, -0.2) is 4.79 Å². The number of H-pyrrole nitrogens is 1. The Balaban J connectivity index is 2.05. The Morgan fingerprint density at radius 3 is 2.82 bits per heavy atom. The Kier molecular flexibility index (Phi) is 3.65. The lowest BCUT2D eigenvalue weighted by molar-refractivity contribution is -0.0786. The van der Waals surface area contributed by atoms with Gasteiger partial charge in [-0.05, 0) is 55.9 Å². The Morgan fingerprint density at radius 1 is 1.41 bits per heavy atom. The zero-order valence-electron chi connectivity index (χ0n) is 12.9. The molecule has 0 bridgehead atoms. The summed E-state index contributed by atoms with van der Waals surface area (Å²) in [6.45, 7) is 4.99. The Morgan fingerprint density at radius 2 is 2.18 bits per heavy atom. The first-order valence-electron chi connectivity index (χ1n) is 7.50. The van der Waals surface area contributed by atoms with Crippen molar-refractivity contribution in [2.75, 3.05) is 6.61 Å². The van der Waals surface area contributed by atoms with Crippen molar-refractivity contribution in [3.05, 3.63) is 35.5 Å². The van der Waals surface area contributed by atoms with E-state index >= 15 is 0 Å². The van der Waals surface area contributed by atoms with Crippen LogP contribution in [-0.2, 0) is 10.2 Å². The molecule has 3 radical (unpaired) electrons. The molecule has 2 heterocycles. The minimum atomic E-state index is -0.931. The average Bonchev–Trinajstić information content (AvgIpc) is 2.89. The van der Waals surface area contributed by atoms with Crippen LogP contribution in [0.1, 0.15) is 42.7 Å². The lowest BCUT2D eigenvalue weighted by atomic mass is 9.70. The smallest absolute Gasteiger partial charge is 0.352 e. The predicted octanol–water partition coefficient (Wildman–Crippen LogP) is 3.28. The van der Waals surface area contributed by atoms with E-state index in [9.17, 15) is 4.79 Å². The van der Waals surface area contributed by atoms with Gasteiger partial charge in [0.25, 0.3) is 0 Å². The van der Waals surface area contributed by atoms with Crippen LogP contribution in [0.2, 0.25) is 6.04 Å². The van der Waals surface area contributed by atoms with Crippen LogP contribution in [-0.4, -0.2) is 38.5 Å². The number of aromatic carboxylic acids is 1. The minimum Gasteiger partial charge on any atom is -0.477 e. The van der Waals surface area contributed by atoms with Gasteiger partial charge < -0.3 is 14.8 Å². The summed E-state index contributed by atoms with van der Waals surface area (Å²) in [5.74, 6) is -0.931. The number of aromatic amines is 1. The molecule has 1 atom stereocenters. The molecule has 1 aromatic heterocycles. The van der Waals surface area contributed by atoms with E-state index in [1.54, 1.807) is 6.07 Å². The summed E-state index contributed by atoms with van der Waals surface area (Å²) < 4.78 is 5.86. The third-order valence-electron chi connectivity index (χ3n) is 4.64. The summed E-state index contributed by atoms with van der Waals surface area (Å²) in [5.41, 5.74) is 2.20. The molecule has 0 amide bonds. The summed E-state index contributed by atoms with van der Waals surface area (Å²) in [7, 11) is 3.75. The van der Waals surface area contributed by atoms with Crippen molar-refractivity contribution in [3.63, 3.8) is 0 Å². The van der Waals surface area contributed by atoms with Gasteiger partial charge in [0.2, 0.25) is 0 Å². The first-order chi connectivity index (χ1) is 10.4. The number of nitrogens with one attached hydrogen (secondary N) is 1. The van der Waals surface area contributed by atoms with Gasteiger partial charge >= 0.3 is 5.97 Å². The number of benzene rings is 1. The molecule has 2 aromatic rings. The summed E-state index contributed by atoms with van der Waals surface area (Å²) in [5, 5.41) is 10.1. The molecule has 0 saturated carbocycles. The molecule has 0 spiro atoms. The molecule has 1 fully saturated rings. The Bertz CT molecular complexity index is 722. The van der Waals surface area contributed by atoms with Crippen LogP contribution < -0.4 is 0 Å². The van der Waals surface area contributed by atoms with Crippen molar-refractivity contribution >= 4 is 27.1 Å². The van der Waals surface area contributed by atoms with Gasteiger partial charge in [-0.15, -0.1) is 0 Å². The van der Waals surface area contributed by atoms with Crippen molar-refractivity contribution < 1.29 is 14.6 Å². The van der Waals surface area contributed by atoms with Crippen LogP contribution in [0.15, 0.2) is 24.3 Å². The molecule has 22 heavy (non-hydrogen) atoms. The topological polar surface area (TPSA) is 62.3 Å². The number of rotatable bonds is 3. The van der Waals surface area contributed by atoms with E-state index in [-0.39, 0.29) is 16.7 Å². The molecule has 0 aliphatic carbocycles. The van der Waals surface area contributed by atoms with Crippen molar-refractivity contribution in [1.82, 2.24) is 4.98 Å². The molecule has 1 aromatic carbocycles. The molecule has 0 unspecified atom stereocenters. The van der Waals surface area contributed by atoms with E-state index in [0.717, 1.165) is 36.4 Å².